The minimum Gasteiger partial charge on any atom is -0.335 e. The zero-order valence-corrected chi connectivity index (χ0v) is 19.9. The van der Waals surface area contributed by atoms with Crippen LogP contribution < -0.4 is 5.32 Å². The first kappa shape index (κ1) is 21.5. The van der Waals surface area contributed by atoms with Gasteiger partial charge in [-0.3, -0.25) is 0 Å². The van der Waals surface area contributed by atoms with Crippen LogP contribution in [0.3, 0.4) is 0 Å². The average molecular weight is 469 g/mol. The lowest BCUT2D eigenvalue weighted by molar-refractivity contribution is 0.813. The largest absolute Gasteiger partial charge is 0.335 e. The van der Waals surface area contributed by atoms with Crippen molar-refractivity contribution in [2.24, 2.45) is 0 Å². The fraction of sp³-hybridized carbons (Fsp3) is 0.111. The van der Waals surface area contributed by atoms with Gasteiger partial charge in [0.1, 0.15) is 0 Å². The molecule has 0 spiro atoms. The Kier molecular flexibility index (Phi) is 6.03. The van der Waals surface area contributed by atoms with Crippen LogP contribution in [0.15, 0.2) is 103 Å². The second-order valence-electron chi connectivity index (χ2n) is 8.04. The van der Waals surface area contributed by atoms with Crippen molar-refractivity contribution < 1.29 is 0 Å². The molecule has 4 nitrogen and oxygen atoms in total. The molecule has 0 aliphatic carbocycles. The maximum absolute atomic E-state index is 5.01. The normalized spacial score (nSPS) is 13.0. The van der Waals surface area contributed by atoms with Crippen molar-refractivity contribution in [1.82, 2.24) is 14.4 Å². The number of hydrogen-bond donors (Lipinski definition) is 2. The number of hydrogen-bond acceptors (Lipinski definition) is 5. The SMILES string of the molecule is C=C(Nc1nccs1)C(S)C(c1ccccc1)c1ccc2c(-c3cccc(C)c3)ncn2c1. The summed E-state index contributed by atoms with van der Waals surface area (Å²) in [6.45, 7) is 6.38. The molecule has 5 aromatic rings. The van der Waals surface area contributed by atoms with E-state index in [1.165, 1.54) is 11.1 Å². The number of nitrogens with zero attached hydrogens (tertiary/aromatic N) is 3. The lowest BCUT2D eigenvalue weighted by Crippen LogP contribution is -2.21. The van der Waals surface area contributed by atoms with E-state index < -0.39 is 0 Å². The number of aromatic nitrogens is 3. The van der Waals surface area contributed by atoms with Crippen LogP contribution >= 0.6 is 24.0 Å². The molecule has 0 aliphatic rings. The average Bonchev–Trinajstić information content (AvgIpc) is 3.49. The molecule has 33 heavy (non-hydrogen) atoms. The third-order valence-corrected chi connectivity index (χ3v) is 7.03. The van der Waals surface area contributed by atoms with E-state index in [1.54, 1.807) is 17.5 Å². The number of thiazole rings is 1. The molecular weight excluding hydrogens is 444 g/mol. The van der Waals surface area contributed by atoms with Crippen molar-refractivity contribution in [3.8, 4) is 11.3 Å². The molecule has 3 aromatic heterocycles. The molecule has 164 valence electrons. The van der Waals surface area contributed by atoms with E-state index in [-0.39, 0.29) is 11.2 Å². The topological polar surface area (TPSA) is 42.2 Å². The zero-order chi connectivity index (χ0) is 22.8. The summed E-state index contributed by atoms with van der Waals surface area (Å²) in [6, 6.07) is 23.2. The molecular formula is C27H24N4S2. The second kappa shape index (κ2) is 9.25. The van der Waals surface area contributed by atoms with Crippen molar-refractivity contribution in [3.05, 3.63) is 120 Å². The number of thiol groups is 1. The predicted molar refractivity (Wildman–Crippen MR) is 141 cm³/mol. The Bertz CT molecular complexity index is 1390. The van der Waals surface area contributed by atoms with E-state index in [1.807, 2.05) is 17.8 Å². The van der Waals surface area contributed by atoms with Gasteiger partial charge in [-0.15, -0.1) is 11.3 Å². The highest BCUT2D eigenvalue weighted by Gasteiger charge is 2.26. The van der Waals surface area contributed by atoms with Crippen molar-refractivity contribution in [3.63, 3.8) is 0 Å². The molecule has 0 bridgehead atoms. The van der Waals surface area contributed by atoms with Crippen LogP contribution in [0.1, 0.15) is 22.6 Å². The second-order valence-corrected chi connectivity index (χ2v) is 9.49. The summed E-state index contributed by atoms with van der Waals surface area (Å²) in [7, 11) is 0. The molecule has 3 heterocycles. The van der Waals surface area contributed by atoms with Gasteiger partial charge in [-0.2, -0.15) is 12.6 Å². The van der Waals surface area contributed by atoms with Crippen molar-refractivity contribution >= 4 is 34.6 Å². The van der Waals surface area contributed by atoms with E-state index in [0.29, 0.717) is 0 Å². The number of fused-ring (bicyclic) bond motifs is 1. The Hall–Kier alpha value is -3.35. The van der Waals surface area contributed by atoms with Gasteiger partial charge in [0.2, 0.25) is 0 Å². The summed E-state index contributed by atoms with van der Waals surface area (Å²) in [4.78, 5) is 9.04. The Morgan fingerprint density at radius 2 is 1.88 bits per heavy atom. The first-order valence-corrected chi connectivity index (χ1v) is 12.1. The van der Waals surface area contributed by atoms with Crippen LogP contribution in [0.5, 0.6) is 0 Å². The standard InChI is InChI=1S/C27H24N4S2/c1-18-7-6-10-21(15-18)25-23-12-11-22(16-31(23)17-29-25)24(20-8-4-3-5-9-20)26(32)19(2)30-27-28-13-14-33-27/h3-17,24,26,32H,2H2,1H3,(H,28,30). The summed E-state index contributed by atoms with van der Waals surface area (Å²) in [5.41, 5.74) is 7.54. The lowest BCUT2D eigenvalue weighted by atomic mass is 9.88. The number of imidazole rings is 1. The molecule has 0 fully saturated rings. The monoisotopic (exact) mass is 468 g/mol. The zero-order valence-electron chi connectivity index (χ0n) is 18.2. The third kappa shape index (κ3) is 4.45. The van der Waals surface area contributed by atoms with Crippen LogP contribution in [-0.4, -0.2) is 19.6 Å². The van der Waals surface area contributed by atoms with Crippen molar-refractivity contribution in [1.29, 1.82) is 0 Å². The molecule has 0 amide bonds. The van der Waals surface area contributed by atoms with E-state index in [4.69, 9.17) is 17.6 Å². The van der Waals surface area contributed by atoms with E-state index >= 15 is 0 Å². The van der Waals surface area contributed by atoms with Crippen LogP contribution in [0.25, 0.3) is 16.8 Å². The fourth-order valence-corrected chi connectivity index (χ4v) is 5.10. The van der Waals surface area contributed by atoms with Gasteiger partial charge >= 0.3 is 0 Å². The Labute approximate surface area is 203 Å². The van der Waals surface area contributed by atoms with Gasteiger partial charge < -0.3 is 9.72 Å². The fourth-order valence-electron chi connectivity index (χ4n) is 4.13. The summed E-state index contributed by atoms with van der Waals surface area (Å²) < 4.78 is 2.10. The maximum atomic E-state index is 5.01. The molecule has 2 atom stereocenters. The number of aryl methyl sites for hydroxylation is 1. The third-order valence-electron chi connectivity index (χ3n) is 5.74. The van der Waals surface area contributed by atoms with Gasteiger partial charge in [0.05, 0.1) is 22.8 Å². The summed E-state index contributed by atoms with van der Waals surface area (Å²) in [5.74, 6) is 0.00344. The van der Waals surface area contributed by atoms with E-state index in [9.17, 15) is 0 Å². The highest BCUT2D eigenvalue weighted by molar-refractivity contribution is 7.81. The molecule has 2 aromatic carbocycles. The predicted octanol–water partition coefficient (Wildman–Crippen LogP) is 6.82. The minimum absolute atomic E-state index is 0.00344. The molecule has 6 heteroatoms. The van der Waals surface area contributed by atoms with Crippen molar-refractivity contribution in [2.75, 3.05) is 5.32 Å². The van der Waals surface area contributed by atoms with Gasteiger partial charge in [0.25, 0.3) is 0 Å². The van der Waals surface area contributed by atoms with Crippen LogP contribution in [0.2, 0.25) is 0 Å². The van der Waals surface area contributed by atoms with Gasteiger partial charge in [-0.05, 0) is 30.2 Å². The van der Waals surface area contributed by atoms with E-state index in [2.05, 4.69) is 95.1 Å². The molecule has 0 aliphatic heterocycles. The van der Waals surface area contributed by atoms with Crippen molar-refractivity contribution in [2.45, 2.75) is 18.1 Å². The van der Waals surface area contributed by atoms with Gasteiger partial charge in [-0.1, -0.05) is 66.7 Å². The molecule has 2 unspecified atom stereocenters. The molecule has 1 N–H and O–H groups in total. The van der Waals surface area contributed by atoms with Gasteiger partial charge in [0.15, 0.2) is 5.13 Å². The Balaban J connectivity index is 1.53. The van der Waals surface area contributed by atoms with Crippen LogP contribution in [0.4, 0.5) is 5.13 Å². The highest BCUT2D eigenvalue weighted by Crippen LogP contribution is 2.36. The number of benzene rings is 2. The Morgan fingerprint density at radius 3 is 2.64 bits per heavy atom. The molecule has 0 saturated carbocycles. The minimum atomic E-state index is -0.159. The smallest absolute Gasteiger partial charge is 0.186 e. The number of nitrogens with one attached hydrogen (secondary N) is 1. The highest BCUT2D eigenvalue weighted by atomic mass is 32.1. The number of anilines is 1. The number of rotatable bonds is 7. The summed E-state index contributed by atoms with van der Waals surface area (Å²) in [6.07, 6.45) is 5.81. The molecule has 0 radical (unpaired) electrons. The van der Waals surface area contributed by atoms with E-state index in [0.717, 1.165) is 33.2 Å². The summed E-state index contributed by atoms with van der Waals surface area (Å²) in [5, 5.41) is 5.93. The first-order chi connectivity index (χ1) is 16.1. The van der Waals surface area contributed by atoms with Crippen LogP contribution in [-0.2, 0) is 0 Å². The Morgan fingerprint density at radius 1 is 1.03 bits per heavy atom. The number of pyridine rings is 1. The van der Waals surface area contributed by atoms with Gasteiger partial charge in [0, 0.05) is 35.0 Å². The molecule has 5 rings (SSSR count). The lowest BCUT2D eigenvalue weighted by Gasteiger charge is -2.26. The summed E-state index contributed by atoms with van der Waals surface area (Å²) >= 11 is 6.56. The molecule has 0 saturated heterocycles. The first-order valence-electron chi connectivity index (χ1n) is 10.7. The van der Waals surface area contributed by atoms with Gasteiger partial charge in [-0.25, -0.2) is 9.97 Å². The van der Waals surface area contributed by atoms with Crippen LogP contribution in [0, 0.1) is 6.92 Å². The quantitative estimate of drug-likeness (QED) is 0.258. The maximum Gasteiger partial charge on any atom is 0.186 e.